The van der Waals surface area contributed by atoms with Gasteiger partial charge in [-0.25, -0.2) is 4.79 Å². The van der Waals surface area contributed by atoms with E-state index in [2.05, 4.69) is 5.32 Å². The lowest BCUT2D eigenvalue weighted by Gasteiger charge is -2.02. The van der Waals surface area contributed by atoms with Crippen molar-refractivity contribution in [1.82, 2.24) is 5.32 Å². The average Bonchev–Trinajstić information content (AvgIpc) is 2.55. The van der Waals surface area contributed by atoms with Crippen molar-refractivity contribution in [3.8, 4) is 0 Å². The zero-order valence-corrected chi connectivity index (χ0v) is 7.79. The molecular weight excluding hydrogens is 186 g/mol. The van der Waals surface area contributed by atoms with Gasteiger partial charge in [0.05, 0.1) is 0 Å². The highest BCUT2D eigenvalue weighted by Crippen LogP contribution is 2.27. The van der Waals surface area contributed by atoms with E-state index in [1.807, 2.05) is 0 Å². The predicted octanol–water partition coefficient (Wildman–Crippen LogP) is 1.20. The molecule has 1 aromatic heterocycles. The van der Waals surface area contributed by atoms with Crippen molar-refractivity contribution in [3.63, 3.8) is 0 Å². The van der Waals surface area contributed by atoms with Gasteiger partial charge in [0, 0.05) is 5.56 Å². The molecule has 74 valence electrons. The number of alkyl carbamates (subject to hydrolysis) is 1. The minimum absolute atomic E-state index is 0.445. The summed E-state index contributed by atoms with van der Waals surface area (Å²) < 4.78 is 10.0. The lowest BCUT2D eigenvalue weighted by molar-refractivity contribution is -0.123. The Morgan fingerprint density at radius 1 is 1.36 bits per heavy atom. The lowest BCUT2D eigenvalue weighted by Crippen LogP contribution is -2.20. The topological polar surface area (TPSA) is 68.5 Å². The van der Waals surface area contributed by atoms with Crippen LogP contribution in [-0.2, 0) is 9.53 Å². The van der Waals surface area contributed by atoms with Gasteiger partial charge in [-0.05, 0) is 19.9 Å². The normalized spacial score (nSPS) is 20.9. The van der Waals surface area contributed by atoms with Gasteiger partial charge in [-0.2, -0.15) is 0 Å². The van der Waals surface area contributed by atoms with E-state index in [1.165, 1.54) is 0 Å². The molecule has 0 aliphatic carbocycles. The fraction of sp³-hybridized carbons (Fsp3) is 0.333. The summed E-state index contributed by atoms with van der Waals surface area (Å²) in [5.74, 6) is 0.837. The number of rotatable bonds is 1. The standard InChI is InChI=1S/C9H9NO4/c1-4-3-6(5(2)13-4)7-8(11)10-9(12)14-7/h3,7H,1-2H3,(H,10,11,12). The maximum Gasteiger partial charge on any atom is 0.415 e. The van der Waals surface area contributed by atoms with E-state index in [0.717, 1.165) is 0 Å². The number of ether oxygens (including phenoxy) is 1. The summed E-state index contributed by atoms with van der Waals surface area (Å²) in [5.41, 5.74) is 0.603. The summed E-state index contributed by atoms with van der Waals surface area (Å²) in [6, 6.07) is 1.69. The van der Waals surface area contributed by atoms with Crippen molar-refractivity contribution in [2.45, 2.75) is 20.0 Å². The first-order valence-corrected chi connectivity index (χ1v) is 4.16. The number of furan rings is 1. The van der Waals surface area contributed by atoms with Crippen molar-refractivity contribution in [1.29, 1.82) is 0 Å². The summed E-state index contributed by atoms with van der Waals surface area (Å²) in [4.78, 5) is 22.0. The second-order valence-electron chi connectivity index (χ2n) is 3.14. The van der Waals surface area contributed by atoms with Crippen molar-refractivity contribution in [3.05, 3.63) is 23.2 Å². The molecule has 0 bridgehead atoms. The first-order valence-electron chi connectivity index (χ1n) is 4.16. The van der Waals surface area contributed by atoms with Crippen LogP contribution < -0.4 is 5.32 Å². The largest absolute Gasteiger partial charge is 0.466 e. The molecule has 5 heteroatoms. The van der Waals surface area contributed by atoms with Crippen LogP contribution in [0.1, 0.15) is 23.2 Å². The van der Waals surface area contributed by atoms with Gasteiger partial charge in [-0.15, -0.1) is 0 Å². The number of carbonyl (C=O) groups is 2. The molecule has 1 unspecified atom stereocenters. The molecule has 1 N–H and O–H groups in total. The van der Waals surface area contributed by atoms with Gasteiger partial charge in [0.25, 0.3) is 5.91 Å². The smallest absolute Gasteiger partial charge is 0.415 e. The van der Waals surface area contributed by atoms with Gasteiger partial charge in [-0.3, -0.25) is 10.1 Å². The fourth-order valence-electron chi connectivity index (χ4n) is 1.47. The Morgan fingerprint density at radius 2 is 2.07 bits per heavy atom. The molecular formula is C9H9NO4. The maximum atomic E-state index is 11.2. The van der Waals surface area contributed by atoms with Gasteiger partial charge in [0.15, 0.2) is 0 Å². The van der Waals surface area contributed by atoms with Crippen molar-refractivity contribution in [2.24, 2.45) is 0 Å². The monoisotopic (exact) mass is 195 g/mol. The van der Waals surface area contributed by atoms with Crippen molar-refractivity contribution >= 4 is 12.0 Å². The molecule has 1 aliphatic rings. The van der Waals surface area contributed by atoms with E-state index in [4.69, 9.17) is 9.15 Å². The number of hydrogen-bond acceptors (Lipinski definition) is 4. The Bertz CT molecular complexity index is 407. The van der Waals surface area contributed by atoms with E-state index >= 15 is 0 Å². The number of nitrogens with one attached hydrogen (secondary N) is 1. The minimum Gasteiger partial charge on any atom is -0.466 e. The molecule has 1 fully saturated rings. The third-order valence-electron chi connectivity index (χ3n) is 2.05. The molecule has 5 nitrogen and oxygen atoms in total. The third kappa shape index (κ3) is 1.26. The van der Waals surface area contributed by atoms with Crippen LogP contribution in [0.15, 0.2) is 10.5 Å². The van der Waals surface area contributed by atoms with Crippen LogP contribution in [0.2, 0.25) is 0 Å². The lowest BCUT2D eigenvalue weighted by atomic mass is 10.1. The molecule has 1 aromatic rings. The SMILES string of the molecule is Cc1cc(C2OC(=O)NC2=O)c(C)o1. The Labute approximate surface area is 80.0 Å². The van der Waals surface area contributed by atoms with Gasteiger partial charge >= 0.3 is 6.09 Å². The molecule has 2 rings (SSSR count). The van der Waals surface area contributed by atoms with Crippen LogP contribution in [0.25, 0.3) is 0 Å². The average molecular weight is 195 g/mol. The molecule has 0 radical (unpaired) electrons. The van der Waals surface area contributed by atoms with Gasteiger partial charge < -0.3 is 9.15 Å². The summed E-state index contributed by atoms with van der Waals surface area (Å²) >= 11 is 0. The highest BCUT2D eigenvalue weighted by atomic mass is 16.6. The number of imide groups is 1. The fourth-order valence-corrected chi connectivity index (χ4v) is 1.47. The number of carbonyl (C=O) groups excluding carboxylic acids is 2. The van der Waals surface area contributed by atoms with Crippen LogP contribution in [0.5, 0.6) is 0 Å². The Balaban J connectivity index is 2.36. The van der Waals surface area contributed by atoms with Crippen LogP contribution >= 0.6 is 0 Å². The number of aryl methyl sites for hydroxylation is 2. The molecule has 1 aliphatic heterocycles. The molecule has 0 aromatic carbocycles. The molecule has 1 saturated heterocycles. The van der Waals surface area contributed by atoms with E-state index in [0.29, 0.717) is 17.1 Å². The molecule has 0 saturated carbocycles. The van der Waals surface area contributed by atoms with Crippen molar-refractivity contribution in [2.75, 3.05) is 0 Å². The second kappa shape index (κ2) is 2.87. The summed E-state index contributed by atoms with van der Waals surface area (Å²) in [7, 11) is 0. The first-order chi connectivity index (χ1) is 6.58. The molecule has 0 spiro atoms. The zero-order chi connectivity index (χ0) is 10.3. The highest BCUT2D eigenvalue weighted by molar-refractivity contribution is 6.00. The minimum atomic E-state index is -0.861. The summed E-state index contributed by atoms with van der Waals surface area (Å²) in [5, 5.41) is 2.06. The zero-order valence-electron chi connectivity index (χ0n) is 7.79. The first kappa shape index (κ1) is 8.80. The molecule has 2 amide bonds. The summed E-state index contributed by atoms with van der Waals surface area (Å²) in [6.45, 7) is 3.49. The van der Waals surface area contributed by atoms with Gasteiger partial charge in [-0.1, -0.05) is 0 Å². The third-order valence-corrected chi connectivity index (χ3v) is 2.05. The van der Waals surface area contributed by atoms with Crippen LogP contribution in [0.4, 0.5) is 4.79 Å². The van der Waals surface area contributed by atoms with Crippen molar-refractivity contribution < 1.29 is 18.7 Å². The van der Waals surface area contributed by atoms with E-state index in [9.17, 15) is 9.59 Å². The molecule has 2 heterocycles. The van der Waals surface area contributed by atoms with Gasteiger partial charge in [0.2, 0.25) is 6.10 Å². The van der Waals surface area contributed by atoms with E-state index < -0.39 is 18.1 Å². The molecule has 1 atom stereocenters. The Morgan fingerprint density at radius 3 is 2.50 bits per heavy atom. The molecule has 14 heavy (non-hydrogen) atoms. The highest BCUT2D eigenvalue weighted by Gasteiger charge is 2.35. The summed E-state index contributed by atoms with van der Waals surface area (Å²) in [6.07, 6.45) is -1.57. The van der Waals surface area contributed by atoms with E-state index in [-0.39, 0.29) is 0 Å². The number of cyclic esters (lactones) is 1. The Hall–Kier alpha value is -1.78. The Kier molecular flexibility index (Phi) is 1.80. The van der Waals surface area contributed by atoms with Gasteiger partial charge in [0.1, 0.15) is 11.5 Å². The number of hydrogen-bond donors (Lipinski definition) is 1. The van der Waals surface area contributed by atoms with E-state index in [1.54, 1.807) is 19.9 Å². The quantitative estimate of drug-likeness (QED) is 0.731. The van der Waals surface area contributed by atoms with Crippen LogP contribution in [0.3, 0.4) is 0 Å². The van der Waals surface area contributed by atoms with Crippen LogP contribution in [-0.4, -0.2) is 12.0 Å². The maximum absolute atomic E-state index is 11.2. The number of amides is 2. The predicted molar refractivity (Wildman–Crippen MR) is 45.5 cm³/mol. The second-order valence-corrected chi connectivity index (χ2v) is 3.14. The van der Waals surface area contributed by atoms with Crippen LogP contribution in [0, 0.1) is 13.8 Å².